The smallest absolute Gasteiger partial charge is 0.214 e. The van der Waals surface area contributed by atoms with Crippen LogP contribution >= 0.6 is 0 Å². The molecule has 2 rings (SSSR count). The van der Waals surface area contributed by atoms with Crippen LogP contribution in [0.3, 0.4) is 0 Å². The van der Waals surface area contributed by atoms with Crippen LogP contribution in [0.5, 0.6) is 0 Å². The van der Waals surface area contributed by atoms with Crippen LogP contribution in [0.4, 0.5) is 5.82 Å². The number of aromatic nitrogens is 1. The Hall–Kier alpha value is -1.69. The van der Waals surface area contributed by atoms with E-state index in [-0.39, 0.29) is 17.7 Å². The Bertz CT molecular complexity index is 639. The number of nitriles is 1. The highest BCUT2D eigenvalue weighted by Gasteiger charge is 2.33. The Labute approximate surface area is 124 Å². The molecule has 0 saturated carbocycles. The minimum atomic E-state index is -3.29. The zero-order chi connectivity index (χ0) is 15.5. The van der Waals surface area contributed by atoms with Gasteiger partial charge in [-0.3, -0.25) is 0 Å². The summed E-state index contributed by atoms with van der Waals surface area (Å²) < 4.78 is 30.6. The van der Waals surface area contributed by atoms with Crippen LogP contribution in [-0.4, -0.2) is 56.8 Å². The maximum absolute atomic E-state index is 12.0. The number of nitrogens with zero attached hydrogens (tertiary/aromatic N) is 3. The van der Waals surface area contributed by atoms with E-state index in [1.807, 2.05) is 0 Å². The molecule has 0 aliphatic carbocycles. The first-order chi connectivity index (χ1) is 9.94. The molecule has 0 bridgehead atoms. The Kier molecular flexibility index (Phi) is 4.77. The van der Waals surface area contributed by atoms with E-state index in [4.69, 9.17) is 10.00 Å². The fourth-order valence-electron chi connectivity index (χ4n) is 2.13. The standard InChI is InChI=1S/C13H18N4O3S/c1-17(2)21(18,19)9-11-7-20-8-12(11)16-13-10(6-14)4-3-5-15-13/h3-5,11-12H,7-9H2,1-2H3,(H,15,16)/t11-,12-/m0/s1. The molecule has 1 aromatic rings. The van der Waals surface area contributed by atoms with Crippen LogP contribution in [0.25, 0.3) is 0 Å². The van der Waals surface area contributed by atoms with E-state index < -0.39 is 10.0 Å². The van der Waals surface area contributed by atoms with Gasteiger partial charge in [0, 0.05) is 26.2 Å². The van der Waals surface area contributed by atoms with Crippen molar-refractivity contribution in [3.63, 3.8) is 0 Å². The SMILES string of the molecule is CN(C)S(=O)(=O)C[C@@H]1COC[C@@H]1Nc1ncccc1C#N. The molecule has 0 spiro atoms. The van der Waals surface area contributed by atoms with E-state index in [2.05, 4.69) is 16.4 Å². The third-order valence-corrected chi connectivity index (χ3v) is 5.39. The second-order valence-corrected chi connectivity index (χ2v) is 7.35. The highest BCUT2D eigenvalue weighted by atomic mass is 32.2. The van der Waals surface area contributed by atoms with Gasteiger partial charge in [0.05, 0.1) is 30.6 Å². The van der Waals surface area contributed by atoms with E-state index in [1.165, 1.54) is 18.4 Å². The number of pyridine rings is 1. The third-order valence-electron chi connectivity index (χ3n) is 3.43. The van der Waals surface area contributed by atoms with Crippen molar-refractivity contribution in [3.05, 3.63) is 23.9 Å². The average Bonchev–Trinajstić information content (AvgIpc) is 2.86. The molecule has 1 aliphatic rings. The van der Waals surface area contributed by atoms with Crippen LogP contribution in [-0.2, 0) is 14.8 Å². The van der Waals surface area contributed by atoms with Crippen molar-refractivity contribution in [2.45, 2.75) is 6.04 Å². The van der Waals surface area contributed by atoms with Crippen molar-refractivity contribution in [2.24, 2.45) is 5.92 Å². The highest BCUT2D eigenvalue weighted by Crippen LogP contribution is 2.22. The number of anilines is 1. The summed E-state index contributed by atoms with van der Waals surface area (Å²) in [5, 5.41) is 12.2. The zero-order valence-corrected chi connectivity index (χ0v) is 12.8. The minimum Gasteiger partial charge on any atom is -0.379 e. The topological polar surface area (TPSA) is 95.3 Å². The van der Waals surface area contributed by atoms with E-state index in [1.54, 1.807) is 18.3 Å². The van der Waals surface area contributed by atoms with Crippen LogP contribution in [0, 0.1) is 17.2 Å². The van der Waals surface area contributed by atoms with Gasteiger partial charge in [-0.2, -0.15) is 5.26 Å². The fourth-order valence-corrected chi connectivity index (χ4v) is 3.30. The van der Waals surface area contributed by atoms with Gasteiger partial charge in [-0.1, -0.05) is 0 Å². The summed E-state index contributed by atoms with van der Waals surface area (Å²) in [6.45, 7) is 0.772. The highest BCUT2D eigenvalue weighted by molar-refractivity contribution is 7.89. The molecule has 0 unspecified atom stereocenters. The molecule has 0 aromatic carbocycles. The van der Waals surface area contributed by atoms with Gasteiger partial charge in [-0.05, 0) is 12.1 Å². The van der Waals surface area contributed by atoms with Crippen LogP contribution < -0.4 is 5.32 Å². The number of rotatable bonds is 5. The normalized spacial score (nSPS) is 22.2. The summed E-state index contributed by atoms with van der Waals surface area (Å²) >= 11 is 0. The quantitative estimate of drug-likeness (QED) is 0.839. The van der Waals surface area contributed by atoms with Gasteiger partial charge in [0.15, 0.2) is 0 Å². The second kappa shape index (κ2) is 6.39. The third kappa shape index (κ3) is 3.69. The lowest BCUT2D eigenvalue weighted by Gasteiger charge is -2.21. The first kappa shape index (κ1) is 15.7. The maximum Gasteiger partial charge on any atom is 0.214 e. The molecule has 0 radical (unpaired) electrons. The number of nitrogens with one attached hydrogen (secondary N) is 1. The fraction of sp³-hybridized carbons (Fsp3) is 0.538. The molecule has 1 N–H and O–H groups in total. The Morgan fingerprint density at radius 3 is 2.95 bits per heavy atom. The molecule has 114 valence electrons. The second-order valence-electron chi connectivity index (χ2n) is 5.12. The Balaban J connectivity index is 2.11. The largest absolute Gasteiger partial charge is 0.379 e. The average molecular weight is 310 g/mol. The summed E-state index contributed by atoms with van der Waals surface area (Å²) in [7, 11) is -0.267. The summed E-state index contributed by atoms with van der Waals surface area (Å²) in [5.41, 5.74) is 0.429. The van der Waals surface area contributed by atoms with Crippen molar-refractivity contribution in [1.82, 2.24) is 9.29 Å². The molecule has 21 heavy (non-hydrogen) atoms. The molecule has 1 aliphatic heterocycles. The number of hydrogen-bond acceptors (Lipinski definition) is 6. The van der Waals surface area contributed by atoms with Crippen LogP contribution in [0.2, 0.25) is 0 Å². The first-order valence-electron chi connectivity index (χ1n) is 6.53. The molecule has 1 aromatic heterocycles. The lowest BCUT2D eigenvalue weighted by molar-refractivity contribution is 0.187. The lowest BCUT2D eigenvalue weighted by atomic mass is 10.1. The zero-order valence-electron chi connectivity index (χ0n) is 12.0. The van der Waals surface area contributed by atoms with Gasteiger partial charge in [0.1, 0.15) is 11.9 Å². The monoisotopic (exact) mass is 310 g/mol. The number of ether oxygens (including phenoxy) is 1. The maximum atomic E-state index is 12.0. The molecule has 2 heterocycles. The number of hydrogen-bond donors (Lipinski definition) is 1. The van der Waals surface area contributed by atoms with Gasteiger partial charge in [-0.15, -0.1) is 0 Å². The van der Waals surface area contributed by atoms with Crippen molar-refractivity contribution in [2.75, 3.05) is 38.4 Å². The van der Waals surface area contributed by atoms with Crippen molar-refractivity contribution < 1.29 is 13.2 Å². The van der Waals surface area contributed by atoms with Crippen molar-refractivity contribution in [1.29, 1.82) is 5.26 Å². The predicted octanol–water partition coefficient (Wildman–Crippen LogP) is 0.272. The van der Waals surface area contributed by atoms with Gasteiger partial charge < -0.3 is 10.1 Å². The molecule has 1 fully saturated rings. The summed E-state index contributed by atoms with van der Waals surface area (Å²) in [4.78, 5) is 4.13. The van der Waals surface area contributed by atoms with Crippen LogP contribution in [0.15, 0.2) is 18.3 Å². The molecule has 0 amide bonds. The van der Waals surface area contributed by atoms with E-state index in [0.29, 0.717) is 24.6 Å². The van der Waals surface area contributed by atoms with Gasteiger partial charge in [0.25, 0.3) is 0 Å². The molecule has 8 heteroatoms. The van der Waals surface area contributed by atoms with Gasteiger partial charge >= 0.3 is 0 Å². The molecular weight excluding hydrogens is 292 g/mol. The summed E-state index contributed by atoms with van der Waals surface area (Å²) in [6.07, 6.45) is 1.59. The van der Waals surface area contributed by atoms with E-state index in [0.717, 1.165) is 0 Å². The summed E-state index contributed by atoms with van der Waals surface area (Å²) in [6, 6.07) is 5.23. The minimum absolute atomic E-state index is 0.00634. The summed E-state index contributed by atoms with van der Waals surface area (Å²) in [5.74, 6) is 0.292. The van der Waals surface area contributed by atoms with E-state index >= 15 is 0 Å². The first-order valence-corrected chi connectivity index (χ1v) is 8.14. The van der Waals surface area contributed by atoms with Gasteiger partial charge in [0.2, 0.25) is 10.0 Å². The van der Waals surface area contributed by atoms with Crippen LogP contribution in [0.1, 0.15) is 5.56 Å². The molecule has 2 atom stereocenters. The molecular formula is C13H18N4O3S. The Morgan fingerprint density at radius 2 is 2.29 bits per heavy atom. The molecule has 1 saturated heterocycles. The van der Waals surface area contributed by atoms with Gasteiger partial charge in [-0.25, -0.2) is 17.7 Å². The van der Waals surface area contributed by atoms with Crippen molar-refractivity contribution >= 4 is 15.8 Å². The Morgan fingerprint density at radius 1 is 1.52 bits per heavy atom. The predicted molar refractivity (Wildman–Crippen MR) is 78.1 cm³/mol. The van der Waals surface area contributed by atoms with Crippen molar-refractivity contribution in [3.8, 4) is 6.07 Å². The van der Waals surface area contributed by atoms with E-state index in [9.17, 15) is 8.42 Å². The lowest BCUT2D eigenvalue weighted by Crippen LogP contribution is -2.37. The molecule has 7 nitrogen and oxygen atoms in total. The number of sulfonamides is 1.